The average molecular weight is 394 g/mol. The van der Waals surface area contributed by atoms with Gasteiger partial charge < -0.3 is 15.5 Å². The second-order valence-corrected chi connectivity index (χ2v) is 6.60. The molecule has 2 aromatic carbocycles. The molecule has 2 amide bonds. The molecule has 2 N–H and O–H groups in total. The fraction of sp³-hybridized carbons (Fsp3) is 0.263. The molecule has 0 spiro atoms. The fourth-order valence-electron chi connectivity index (χ4n) is 2.41. The average Bonchev–Trinajstić information content (AvgIpc) is 2.60. The maximum Gasteiger partial charge on any atom is 0.243 e. The quantitative estimate of drug-likeness (QED) is 0.731. The smallest absolute Gasteiger partial charge is 0.243 e. The zero-order valence-electron chi connectivity index (χ0n) is 14.7. The van der Waals surface area contributed by atoms with Gasteiger partial charge in [-0.15, -0.1) is 0 Å². The van der Waals surface area contributed by atoms with Gasteiger partial charge in [0, 0.05) is 30.7 Å². The second kappa shape index (κ2) is 9.46. The topological polar surface area (TPSA) is 61.4 Å². The van der Waals surface area contributed by atoms with Crippen LogP contribution < -0.4 is 10.6 Å². The molecule has 0 saturated carbocycles. The van der Waals surface area contributed by atoms with E-state index in [0.717, 1.165) is 11.3 Å². The van der Waals surface area contributed by atoms with Crippen LogP contribution in [-0.2, 0) is 16.1 Å². The summed E-state index contributed by atoms with van der Waals surface area (Å²) in [5, 5.41) is 6.70. The third-order valence-electron chi connectivity index (χ3n) is 3.79. The SMILES string of the molecule is CCN(Cc1cccc(NCC(=O)Nc2ccc(Cl)cc2Cl)c1)C(C)=O. The van der Waals surface area contributed by atoms with Gasteiger partial charge in [-0.3, -0.25) is 9.59 Å². The van der Waals surface area contributed by atoms with Gasteiger partial charge in [0.1, 0.15) is 0 Å². The van der Waals surface area contributed by atoms with Crippen LogP contribution in [0.1, 0.15) is 19.4 Å². The van der Waals surface area contributed by atoms with Crippen molar-refractivity contribution in [2.45, 2.75) is 20.4 Å². The molecule has 0 aromatic heterocycles. The summed E-state index contributed by atoms with van der Waals surface area (Å²) >= 11 is 11.9. The predicted octanol–water partition coefficient (Wildman–Crippen LogP) is 4.41. The highest BCUT2D eigenvalue weighted by molar-refractivity contribution is 6.36. The minimum absolute atomic E-state index is 0.0325. The highest BCUT2D eigenvalue weighted by Crippen LogP contribution is 2.25. The van der Waals surface area contributed by atoms with Crippen LogP contribution in [0.2, 0.25) is 10.0 Å². The van der Waals surface area contributed by atoms with Crippen LogP contribution in [0.5, 0.6) is 0 Å². The Morgan fingerprint density at radius 3 is 2.54 bits per heavy atom. The lowest BCUT2D eigenvalue weighted by Gasteiger charge is -2.19. The van der Waals surface area contributed by atoms with Gasteiger partial charge in [-0.05, 0) is 42.8 Å². The van der Waals surface area contributed by atoms with Crippen LogP contribution >= 0.6 is 23.2 Å². The number of carbonyl (C=O) groups is 2. The standard InChI is InChI=1S/C19H21Cl2N3O2/c1-3-24(13(2)25)12-14-5-4-6-16(9-14)22-11-19(26)23-18-8-7-15(20)10-17(18)21/h4-10,22H,3,11-12H2,1-2H3,(H,23,26). The molecule has 0 atom stereocenters. The highest BCUT2D eigenvalue weighted by atomic mass is 35.5. The van der Waals surface area contributed by atoms with Crippen molar-refractivity contribution in [3.63, 3.8) is 0 Å². The zero-order chi connectivity index (χ0) is 19.1. The van der Waals surface area contributed by atoms with Crippen LogP contribution in [0, 0.1) is 0 Å². The van der Waals surface area contributed by atoms with E-state index >= 15 is 0 Å². The first kappa shape index (κ1) is 20.1. The lowest BCUT2D eigenvalue weighted by Crippen LogP contribution is -2.27. The first-order valence-corrected chi connectivity index (χ1v) is 8.98. The molecule has 2 rings (SSSR count). The van der Waals surface area contributed by atoms with Gasteiger partial charge in [0.2, 0.25) is 11.8 Å². The van der Waals surface area contributed by atoms with Crippen LogP contribution in [0.25, 0.3) is 0 Å². The van der Waals surface area contributed by atoms with Crippen molar-refractivity contribution < 1.29 is 9.59 Å². The number of amides is 2. The normalized spacial score (nSPS) is 10.3. The van der Waals surface area contributed by atoms with Gasteiger partial charge >= 0.3 is 0 Å². The fourth-order valence-corrected chi connectivity index (χ4v) is 2.87. The van der Waals surface area contributed by atoms with Crippen molar-refractivity contribution in [3.05, 3.63) is 58.1 Å². The number of anilines is 2. The monoisotopic (exact) mass is 393 g/mol. The number of rotatable bonds is 7. The van der Waals surface area contributed by atoms with Crippen molar-refractivity contribution in [3.8, 4) is 0 Å². The van der Waals surface area contributed by atoms with Gasteiger partial charge in [0.15, 0.2) is 0 Å². The third kappa shape index (κ3) is 5.93. The summed E-state index contributed by atoms with van der Waals surface area (Å²) < 4.78 is 0. The molecular weight excluding hydrogens is 373 g/mol. The number of hydrogen-bond donors (Lipinski definition) is 2. The van der Waals surface area contributed by atoms with E-state index in [0.29, 0.717) is 28.8 Å². The van der Waals surface area contributed by atoms with Gasteiger partial charge in [-0.2, -0.15) is 0 Å². The van der Waals surface area contributed by atoms with E-state index in [2.05, 4.69) is 10.6 Å². The number of nitrogens with one attached hydrogen (secondary N) is 2. The highest BCUT2D eigenvalue weighted by Gasteiger charge is 2.09. The van der Waals surface area contributed by atoms with Gasteiger partial charge in [-0.25, -0.2) is 0 Å². The Labute approximate surface area is 163 Å². The van der Waals surface area contributed by atoms with Gasteiger partial charge in [0.25, 0.3) is 0 Å². The van der Waals surface area contributed by atoms with E-state index in [9.17, 15) is 9.59 Å². The van der Waals surface area contributed by atoms with E-state index in [1.807, 2.05) is 31.2 Å². The summed E-state index contributed by atoms with van der Waals surface area (Å²) in [4.78, 5) is 25.4. The van der Waals surface area contributed by atoms with Crippen molar-refractivity contribution in [2.75, 3.05) is 23.7 Å². The lowest BCUT2D eigenvalue weighted by molar-refractivity contribution is -0.129. The number of halogens is 2. The molecule has 0 heterocycles. The summed E-state index contributed by atoms with van der Waals surface area (Å²) in [6, 6.07) is 12.5. The van der Waals surface area contributed by atoms with Crippen molar-refractivity contribution in [1.82, 2.24) is 4.90 Å². The Balaban J connectivity index is 1.93. The third-order valence-corrected chi connectivity index (χ3v) is 4.33. The summed E-state index contributed by atoms with van der Waals surface area (Å²) in [5.41, 5.74) is 2.31. The maximum atomic E-state index is 12.1. The molecule has 0 radical (unpaired) electrons. The Morgan fingerprint density at radius 2 is 1.88 bits per heavy atom. The Hall–Kier alpha value is -2.24. The van der Waals surface area contributed by atoms with E-state index in [1.54, 1.807) is 30.0 Å². The molecule has 5 nitrogen and oxygen atoms in total. The van der Waals surface area contributed by atoms with Crippen molar-refractivity contribution in [1.29, 1.82) is 0 Å². The van der Waals surface area contributed by atoms with Crippen LogP contribution in [0.15, 0.2) is 42.5 Å². The Kier molecular flexibility index (Phi) is 7.30. The van der Waals surface area contributed by atoms with E-state index < -0.39 is 0 Å². The summed E-state index contributed by atoms with van der Waals surface area (Å²) in [5.74, 6) is -0.191. The van der Waals surface area contributed by atoms with E-state index in [-0.39, 0.29) is 18.4 Å². The molecule has 0 aliphatic rings. The summed E-state index contributed by atoms with van der Waals surface area (Å²) in [7, 11) is 0. The molecule has 7 heteroatoms. The maximum absolute atomic E-state index is 12.1. The van der Waals surface area contributed by atoms with Crippen LogP contribution in [-0.4, -0.2) is 29.8 Å². The molecule has 0 fully saturated rings. The molecule has 0 aliphatic carbocycles. The molecule has 138 valence electrons. The molecule has 0 bridgehead atoms. The summed E-state index contributed by atoms with van der Waals surface area (Å²) in [6.07, 6.45) is 0. The Bertz CT molecular complexity index is 796. The molecule has 0 unspecified atom stereocenters. The van der Waals surface area contributed by atoms with Gasteiger partial charge in [-0.1, -0.05) is 35.3 Å². The number of nitrogens with zero attached hydrogens (tertiary/aromatic N) is 1. The zero-order valence-corrected chi connectivity index (χ0v) is 16.2. The largest absolute Gasteiger partial charge is 0.376 e. The van der Waals surface area contributed by atoms with Crippen molar-refractivity contribution in [2.24, 2.45) is 0 Å². The molecule has 26 heavy (non-hydrogen) atoms. The first-order chi connectivity index (χ1) is 12.4. The lowest BCUT2D eigenvalue weighted by atomic mass is 10.2. The minimum atomic E-state index is -0.224. The number of benzene rings is 2. The molecular formula is C19H21Cl2N3O2. The number of hydrogen-bond acceptors (Lipinski definition) is 3. The minimum Gasteiger partial charge on any atom is -0.376 e. The van der Waals surface area contributed by atoms with Crippen molar-refractivity contribution >= 4 is 46.4 Å². The van der Waals surface area contributed by atoms with Crippen LogP contribution in [0.4, 0.5) is 11.4 Å². The van der Waals surface area contributed by atoms with Gasteiger partial charge in [0.05, 0.1) is 17.3 Å². The first-order valence-electron chi connectivity index (χ1n) is 8.22. The molecule has 0 saturated heterocycles. The second-order valence-electron chi connectivity index (χ2n) is 5.76. The molecule has 2 aromatic rings. The van der Waals surface area contributed by atoms with Crippen LogP contribution in [0.3, 0.4) is 0 Å². The Morgan fingerprint density at radius 1 is 1.12 bits per heavy atom. The summed E-state index contributed by atoms with van der Waals surface area (Å²) in [6.45, 7) is 4.77. The van der Waals surface area contributed by atoms with E-state index in [1.165, 1.54) is 0 Å². The molecule has 0 aliphatic heterocycles. The number of carbonyl (C=O) groups excluding carboxylic acids is 2. The predicted molar refractivity (Wildman–Crippen MR) is 107 cm³/mol. The van der Waals surface area contributed by atoms with E-state index in [4.69, 9.17) is 23.2 Å².